The molecule has 0 aliphatic heterocycles. The summed E-state index contributed by atoms with van der Waals surface area (Å²) in [6.07, 6.45) is -5.02. The highest BCUT2D eigenvalue weighted by molar-refractivity contribution is 5.89. The van der Waals surface area contributed by atoms with Gasteiger partial charge in [-0.1, -0.05) is 12.1 Å². The van der Waals surface area contributed by atoms with E-state index in [1.807, 2.05) is 0 Å². The Labute approximate surface area is 113 Å². The molecular weight excluding hydrogens is 275 g/mol. The number of hydrogen-bond acceptors (Lipinski definition) is 3. The van der Waals surface area contributed by atoms with Gasteiger partial charge in [-0.15, -0.1) is 0 Å². The molecule has 7 heteroatoms. The van der Waals surface area contributed by atoms with Gasteiger partial charge in [-0.2, -0.15) is 13.2 Å². The molecule has 1 N–H and O–H groups in total. The Morgan fingerprint density at radius 3 is 2.20 bits per heavy atom. The van der Waals surface area contributed by atoms with Gasteiger partial charge in [0, 0.05) is 0 Å². The predicted molar refractivity (Wildman–Crippen MR) is 65.4 cm³/mol. The van der Waals surface area contributed by atoms with Gasteiger partial charge in [-0.05, 0) is 31.0 Å². The summed E-state index contributed by atoms with van der Waals surface area (Å²) in [5.74, 6) is -2.07. The molecule has 0 radical (unpaired) electrons. The minimum Gasteiger partial charge on any atom is -0.497 e. The van der Waals surface area contributed by atoms with Crippen LogP contribution in [-0.2, 0) is 16.0 Å². The van der Waals surface area contributed by atoms with Crippen LogP contribution in [0.15, 0.2) is 24.3 Å². The highest BCUT2D eigenvalue weighted by Gasteiger charge is 2.40. The molecule has 0 saturated carbocycles. The number of rotatable bonds is 5. The van der Waals surface area contributed by atoms with Crippen LogP contribution in [0.25, 0.3) is 0 Å². The quantitative estimate of drug-likeness (QED) is 0.900. The van der Waals surface area contributed by atoms with E-state index in [0.717, 1.165) is 6.92 Å². The van der Waals surface area contributed by atoms with E-state index in [9.17, 15) is 22.8 Å². The molecule has 1 amide bonds. The van der Waals surface area contributed by atoms with Gasteiger partial charge in [0.15, 0.2) is 5.78 Å². The average Bonchev–Trinajstić information content (AvgIpc) is 2.37. The number of benzene rings is 1. The number of ketones is 1. The number of amides is 1. The molecule has 0 fully saturated rings. The standard InChI is InChI=1S/C13H14F3NO3/c1-8(18)11(17-12(19)13(14,15)16)7-9-3-5-10(20-2)6-4-9/h3-6,11H,7H2,1-2H3,(H,17,19)/t11-/m0/s1. The van der Waals surface area contributed by atoms with Gasteiger partial charge in [0.05, 0.1) is 13.2 Å². The van der Waals surface area contributed by atoms with Crippen molar-refractivity contribution in [1.82, 2.24) is 5.32 Å². The Hall–Kier alpha value is -2.05. The minimum absolute atomic E-state index is 0.0128. The van der Waals surface area contributed by atoms with Crippen molar-refractivity contribution in [3.8, 4) is 5.75 Å². The second kappa shape index (κ2) is 6.40. The molecule has 0 aliphatic carbocycles. The van der Waals surface area contributed by atoms with E-state index < -0.39 is 23.9 Å². The highest BCUT2D eigenvalue weighted by atomic mass is 19.4. The summed E-state index contributed by atoms with van der Waals surface area (Å²) < 4.78 is 41.5. The first-order chi connectivity index (χ1) is 9.24. The number of methoxy groups -OCH3 is 1. The maximum absolute atomic E-state index is 12.2. The first-order valence-corrected chi connectivity index (χ1v) is 5.75. The van der Waals surface area contributed by atoms with Crippen LogP contribution in [0.5, 0.6) is 5.75 Å². The molecule has 0 unspecified atom stereocenters. The lowest BCUT2D eigenvalue weighted by Gasteiger charge is -2.17. The van der Waals surface area contributed by atoms with E-state index in [0.29, 0.717) is 11.3 Å². The zero-order valence-electron chi connectivity index (χ0n) is 11.0. The molecule has 1 aromatic rings. The van der Waals surface area contributed by atoms with Crippen LogP contribution < -0.4 is 10.1 Å². The van der Waals surface area contributed by atoms with E-state index >= 15 is 0 Å². The monoisotopic (exact) mass is 289 g/mol. The molecule has 110 valence electrons. The Kier molecular flexibility index (Phi) is 5.12. The largest absolute Gasteiger partial charge is 0.497 e. The van der Waals surface area contributed by atoms with Gasteiger partial charge in [-0.3, -0.25) is 9.59 Å². The van der Waals surface area contributed by atoms with Gasteiger partial charge in [-0.25, -0.2) is 0 Å². The fraction of sp³-hybridized carbons (Fsp3) is 0.385. The molecule has 4 nitrogen and oxygen atoms in total. The van der Waals surface area contributed by atoms with Crippen molar-refractivity contribution in [1.29, 1.82) is 0 Å². The van der Waals surface area contributed by atoms with Crippen LogP contribution in [0.3, 0.4) is 0 Å². The lowest BCUT2D eigenvalue weighted by atomic mass is 10.0. The maximum atomic E-state index is 12.2. The lowest BCUT2D eigenvalue weighted by Crippen LogP contribution is -2.47. The predicted octanol–water partition coefficient (Wildman–Crippen LogP) is 1.87. The smallest absolute Gasteiger partial charge is 0.471 e. The Morgan fingerprint density at radius 2 is 1.80 bits per heavy atom. The molecule has 1 atom stereocenters. The summed E-state index contributed by atoms with van der Waals surface area (Å²) in [6, 6.07) is 5.27. The molecule has 20 heavy (non-hydrogen) atoms. The van der Waals surface area contributed by atoms with E-state index in [-0.39, 0.29) is 6.42 Å². The van der Waals surface area contributed by atoms with Gasteiger partial charge in [0.25, 0.3) is 0 Å². The first-order valence-electron chi connectivity index (χ1n) is 5.75. The molecule has 0 aromatic heterocycles. The Balaban J connectivity index is 2.77. The normalized spacial score (nSPS) is 12.7. The van der Waals surface area contributed by atoms with Crippen LogP contribution in [-0.4, -0.2) is 31.0 Å². The summed E-state index contributed by atoms with van der Waals surface area (Å²) in [5.41, 5.74) is 0.619. The Morgan fingerprint density at radius 1 is 1.25 bits per heavy atom. The number of hydrogen-bond donors (Lipinski definition) is 1. The average molecular weight is 289 g/mol. The van der Waals surface area contributed by atoms with Crippen molar-refractivity contribution >= 4 is 11.7 Å². The van der Waals surface area contributed by atoms with Crippen LogP contribution in [0.2, 0.25) is 0 Å². The van der Waals surface area contributed by atoms with Crippen molar-refractivity contribution in [2.24, 2.45) is 0 Å². The first kappa shape index (κ1) is 16.0. The van der Waals surface area contributed by atoms with Crippen molar-refractivity contribution in [2.45, 2.75) is 25.6 Å². The van der Waals surface area contributed by atoms with Crippen molar-refractivity contribution in [3.05, 3.63) is 29.8 Å². The third-order valence-corrected chi connectivity index (χ3v) is 2.65. The molecule has 1 aromatic carbocycles. The molecule has 1 rings (SSSR count). The van der Waals surface area contributed by atoms with Crippen LogP contribution >= 0.6 is 0 Å². The molecule has 0 bridgehead atoms. The molecule has 0 heterocycles. The summed E-state index contributed by atoms with van der Waals surface area (Å²) in [4.78, 5) is 22.2. The highest BCUT2D eigenvalue weighted by Crippen LogP contribution is 2.16. The fourth-order valence-electron chi connectivity index (χ4n) is 1.53. The molecular formula is C13H14F3NO3. The minimum atomic E-state index is -5.01. The topological polar surface area (TPSA) is 55.4 Å². The number of Topliss-reactive ketones (excluding diaryl/α,β-unsaturated/α-hetero) is 1. The summed E-state index contributed by atoms with van der Waals surface area (Å²) in [7, 11) is 1.48. The molecule has 0 spiro atoms. The zero-order chi connectivity index (χ0) is 15.3. The number of halogens is 3. The van der Waals surface area contributed by atoms with Gasteiger partial charge >= 0.3 is 12.1 Å². The second-order valence-corrected chi connectivity index (χ2v) is 4.19. The third-order valence-electron chi connectivity index (χ3n) is 2.65. The molecule has 0 aliphatic rings. The van der Waals surface area contributed by atoms with Gasteiger partial charge < -0.3 is 10.1 Å². The summed E-state index contributed by atoms with van der Waals surface area (Å²) >= 11 is 0. The summed E-state index contributed by atoms with van der Waals surface area (Å²) in [6.45, 7) is 1.13. The molecule has 0 saturated heterocycles. The SMILES string of the molecule is COc1ccc(C[C@H](NC(=O)C(F)(F)F)C(C)=O)cc1. The maximum Gasteiger partial charge on any atom is 0.471 e. The van der Waals surface area contributed by atoms with E-state index in [1.165, 1.54) is 7.11 Å². The van der Waals surface area contributed by atoms with Crippen LogP contribution in [0, 0.1) is 0 Å². The van der Waals surface area contributed by atoms with E-state index in [2.05, 4.69) is 0 Å². The number of ether oxygens (including phenoxy) is 1. The Bertz CT molecular complexity index is 483. The number of nitrogens with one attached hydrogen (secondary N) is 1. The van der Waals surface area contributed by atoms with E-state index in [4.69, 9.17) is 4.74 Å². The zero-order valence-corrected chi connectivity index (χ0v) is 11.0. The second-order valence-electron chi connectivity index (χ2n) is 4.19. The number of carbonyl (C=O) groups excluding carboxylic acids is 2. The van der Waals surface area contributed by atoms with Crippen LogP contribution in [0.1, 0.15) is 12.5 Å². The summed E-state index contributed by atoms with van der Waals surface area (Å²) in [5, 5.41) is 1.69. The van der Waals surface area contributed by atoms with Crippen molar-refractivity contribution < 1.29 is 27.5 Å². The van der Waals surface area contributed by atoms with E-state index in [1.54, 1.807) is 29.6 Å². The number of carbonyl (C=O) groups is 2. The number of alkyl halides is 3. The lowest BCUT2D eigenvalue weighted by molar-refractivity contribution is -0.174. The van der Waals surface area contributed by atoms with Gasteiger partial charge in [0.2, 0.25) is 0 Å². The van der Waals surface area contributed by atoms with Crippen molar-refractivity contribution in [3.63, 3.8) is 0 Å². The van der Waals surface area contributed by atoms with Gasteiger partial charge in [0.1, 0.15) is 5.75 Å². The fourth-order valence-corrected chi connectivity index (χ4v) is 1.53. The van der Waals surface area contributed by atoms with Crippen molar-refractivity contribution in [2.75, 3.05) is 7.11 Å². The third kappa shape index (κ3) is 4.56. The van der Waals surface area contributed by atoms with Crippen LogP contribution in [0.4, 0.5) is 13.2 Å².